The number of aromatic nitrogens is 4. The Morgan fingerprint density at radius 3 is 2.57 bits per heavy atom. The van der Waals surface area contributed by atoms with E-state index in [-0.39, 0.29) is 5.91 Å². The average molecular weight is 387 g/mol. The number of thiophene rings is 1. The summed E-state index contributed by atoms with van der Waals surface area (Å²) in [5.74, 6) is 0.218. The van der Waals surface area contributed by atoms with Crippen molar-refractivity contribution >= 4 is 34.7 Å². The van der Waals surface area contributed by atoms with Crippen molar-refractivity contribution in [3.63, 3.8) is 0 Å². The SMILES string of the molecule is Cc1ccccc1NC(=O)C(=Cc1cccs1)n1nnnc1-c1ccccc1. The standard InChI is InChI=1S/C21H17N5OS/c1-15-8-5-6-12-18(15)22-21(27)19(14-17-11-7-13-28-17)26-20(23-24-25-26)16-9-3-2-4-10-16/h2-14H,1H3,(H,22,27). The van der Waals surface area contributed by atoms with Gasteiger partial charge in [0.05, 0.1) is 0 Å². The number of carbonyl (C=O) groups is 1. The third kappa shape index (κ3) is 3.74. The van der Waals surface area contributed by atoms with E-state index in [4.69, 9.17) is 0 Å². The van der Waals surface area contributed by atoms with E-state index < -0.39 is 0 Å². The lowest BCUT2D eigenvalue weighted by Crippen LogP contribution is -2.19. The number of nitrogens with zero attached hydrogens (tertiary/aromatic N) is 4. The maximum absolute atomic E-state index is 13.2. The largest absolute Gasteiger partial charge is 0.320 e. The van der Waals surface area contributed by atoms with Crippen molar-refractivity contribution in [3.8, 4) is 11.4 Å². The van der Waals surface area contributed by atoms with Gasteiger partial charge in [-0.1, -0.05) is 54.6 Å². The summed E-state index contributed by atoms with van der Waals surface area (Å²) in [6.45, 7) is 1.95. The highest BCUT2D eigenvalue weighted by Gasteiger charge is 2.20. The fraction of sp³-hybridized carbons (Fsp3) is 0.0476. The Balaban J connectivity index is 1.77. The highest BCUT2D eigenvalue weighted by atomic mass is 32.1. The lowest BCUT2D eigenvalue weighted by Gasteiger charge is -2.12. The number of para-hydroxylation sites is 1. The van der Waals surface area contributed by atoms with E-state index in [1.54, 1.807) is 6.08 Å². The van der Waals surface area contributed by atoms with E-state index in [9.17, 15) is 4.79 Å². The molecule has 0 aliphatic heterocycles. The van der Waals surface area contributed by atoms with Crippen LogP contribution in [0.5, 0.6) is 0 Å². The maximum atomic E-state index is 13.2. The molecular formula is C21H17N5OS. The fourth-order valence-corrected chi connectivity index (χ4v) is 3.40. The van der Waals surface area contributed by atoms with E-state index >= 15 is 0 Å². The summed E-state index contributed by atoms with van der Waals surface area (Å²) in [6.07, 6.45) is 1.79. The first-order chi connectivity index (χ1) is 13.7. The molecule has 0 aliphatic rings. The normalized spacial score (nSPS) is 11.4. The number of carbonyl (C=O) groups excluding carboxylic acids is 1. The Morgan fingerprint density at radius 1 is 1.04 bits per heavy atom. The quantitative estimate of drug-likeness (QED) is 0.517. The minimum Gasteiger partial charge on any atom is -0.320 e. The van der Waals surface area contributed by atoms with Gasteiger partial charge in [0.15, 0.2) is 5.82 Å². The molecule has 7 heteroatoms. The number of tetrazole rings is 1. The molecule has 0 fully saturated rings. The van der Waals surface area contributed by atoms with Crippen LogP contribution in [0.15, 0.2) is 72.1 Å². The van der Waals surface area contributed by atoms with Gasteiger partial charge in [-0.15, -0.1) is 16.4 Å². The van der Waals surface area contributed by atoms with Gasteiger partial charge in [-0.25, -0.2) is 0 Å². The Bertz CT molecular complexity index is 1120. The fourth-order valence-electron chi connectivity index (χ4n) is 2.75. The van der Waals surface area contributed by atoms with Gasteiger partial charge in [0.2, 0.25) is 0 Å². The van der Waals surface area contributed by atoms with Crippen LogP contribution in [0.4, 0.5) is 5.69 Å². The molecule has 0 radical (unpaired) electrons. The highest BCUT2D eigenvalue weighted by molar-refractivity contribution is 7.10. The van der Waals surface area contributed by atoms with Crippen molar-refractivity contribution in [2.45, 2.75) is 6.92 Å². The zero-order valence-electron chi connectivity index (χ0n) is 15.1. The number of hydrogen-bond donors (Lipinski definition) is 1. The predicted octanol–water partition coefficient (Wildman–Crippen LogP) is 4.35. The van der Waals surface area contributed by atoms with Gasteiger partial charge in [0.25, 0.3) is 5.91 Å². The molecule has 2 aromatic carbocycles. The van der Waals surface area contributed by atoms with Crippen molar-refractivity contribution in [3.05, 3.63) is 82.6 Å². The first-order valence-corrected chi connectivity index (χ1v) is 9.57. The molecule has 0 bridgehead atoms. The van der Waals surface area contributed by atoms with Gasteiger partial charge in [-0.05, 0) is 46.5 Å². The molecule has 0 unspecified atom stereocenters. The third-order valence-electron chi connectivity index (χ3n) is 4.18. The molecular weight excluding hydrogens is 370 g/mol. The zero-order valence-corrected chi connectivity index (χ0v) is 15.9. The first-order valence-electron chi connectivity index (χ1n) is 8.69. The van der Waals surface area contributed by atoms with Crippen LogP contribution in [-0.2, 0) is 4.79 Å². The number of hydrogen-bond acceptors (Lipinski definition) is 5. The van der Waals surface area contributed by atoms with Gasteiger partial charge in [0, 0.05) is 16.1 Å². The van der Waals surface area contributed by atoms with Crippen LogP contribution in [0.3, 0.4) is 0 Å². The Morgan fingerprint density at radius 2 is 1.82 bits per heavy atom. The van der Waals surface area contributed by atoms with Gasteiger partial charge < -0.3 is 5.32 Å². The second kappa shape index (κ2) is 7.98. The number of nitrogens with one attached hydrogen (secondary N) is 1. The van der Waals surface area contributed by atoms with Crippen molar-refractivity contribution in [2.75, 3.05) is 5.32 Å². The van der Waals surface area contributed by atoms with Crippen LogP contribution >= 0.6 is 11.3 Å². The molecule has 0 saturated heterocycles. The van der Waals surface area contributed by atoms with Crippen LogP contribution < -0.4 is 5.32 Å². The number of aryl methyl sites for hydroxylation is 1. The van der Waals surface area contributed by atoms with Crippen LogP contribution in [0, 0.1) is 6.92 Å². The molecule has 0 aliphatic carbocycles. The number of anilines is 1. The maximum Gasteiger partial charge on any atom is 0.274 e. The molecule has 0 atom stereocenters. The van der Waals surface area contributed by atoms with Gasteiger partial charge in [-0.3, -0.25) is 4.79 Å². The zero-order chi connectivity index (χ0) is 19.3. The Labute approximate surface area is 166 Å². The average Bonchev–Trinajstić information content (AvgIpc) is 3.40. The van der Waals surface area contributed by atoms with Crippen molar-refractivity contribution in [1.82, 2.24) is 20.2 Å². The third-order valence-corrected chi connectivity index (χ3v) is 5.00. The number of rotatable bonds is 5. The van der Waals surface area contributed by atoms with Crippen molar-refractivity contribution < 1.29 is 4.79 Å². The van der Waals surface area contributed by atoms with E-state index in [0.717, 1.165) is 21.7 Å². The number of benzene rings is 2. The van der Waals surface area contributed by atoms with E-state index in [1.165, 1.54) is 16.0 Å². The van der Waals surface area contributed by atoms with Crippen molar-refractivity contribution in [1.29, 1.82) is 0 Å². The smallest absolute Gasteiger partial charge is 0.274 e. The minimum atomic E-state index is -0.285. The second-order valence-corrected chi connectivity index (χ2v) is 7.07. The van der Waals surface area contributed by atoms with E-state index in [1.807, 2.05) is 79.0 Å². The molecule has 1 N–H and O–H groups in total. The first kappa shape index (κ1) is 17.8. The molecule has 1 amide bonds. The molecule has 4 aromatic rings. The van der Waals surface area contributed by atoms with E-state index in [2.05, 4.69) is 20.8 Å². The van der Waals surface area contributed by atoms with Gasteiger partial charge >= 0.3 is 0 Å². The molecule has 0 saturated carbocycles. The summed E-state index contributed by atoms with van der Waals surface area (Å²) in [6, 6.07) is 21.1. The Kier molecular flexibility index (Phi) is 5.07. The summed E-state index contributed by atoms with van der Waals surface area (Å²) in [5.41, 5.74) is 2.90. The molecule has 0 spiro atoms. The molecule has 138 valence electrons. The molecule has 6 nitrogen and oxygen atoms in total. The van der Waals surface area contributed by atoms with Gasteiger partial charge in [-0.2, -0.15) is 4.68 Å². The topological polar surface area (TPSA) is 72.7 Å². The molecule has 2 heterocycles. The second-order valence-electron chi connectivity index (χ2n) is 6.09. The van der Waals surface area contributed by atoms with Crippen LogP contribution in [0.25, 0.3) is 23.2 Å². The lowest BCUT2D eigenvalue weighted by atomic mass is 10.2. The number of amides is 1. The summed E-state index contributed by atoms with van der Waals surface area (Å²) >= 11 is 1.54. The highest BCUT2D eigenvalue weighted by Crippen LogP contribution is 2.23. The summed E-state index contributed by atoms with van der Waals surface area (Å²) in [4.78, 5) is 14.1. The monoisotopic (exact) mass is 387 g/mol. The molecule has 2 aromatic heterocycles. The minimum absolute atomic E-state index is 0.285. The van der Waals surface area contributed by atoms with E-state index in [0.29, 0.717) is 11.5 Å². The van der Waals surface area contributed by atoms with Crippen LogP contribution in [-0.4, -0.2) is 26.1 Å². The van der Waals surface area contributed by atoms with Gasteiger partial charge in [0.1, 0.15) is 5.70 Å². The van der Waals surface area contributed by atoms with Crippen LogP contribution in [0.2, 0.25) is 0 Å². The predicted molar refractivity (Wildman–Crippen MR) is 112 cm³/mol. The lowest BCUT2D eigenvalue weighted by molar-refractivity contribution is -0.111. The Hall–Kier alpha value is -3.58. The summed E-state index contributed by atoms with van der Waals surface area (Å²) < 4.78 is 1.47. The summed E-state index contributed by atoms with van der Waals surface area (Å²) in [7, 11) is 0. The van der Waals surface area contributed by atoms with Crippen LogP contribution in [0.1, 0.15) is 10.4 Å². The molecule has 4 rings (SSSR count). The summed E-state index contributed by atoms with van der Waals surface area (Å²) in [5, 5.41) is 16.9. The van der Waals surface area contributed by atoms with Crippen molar-refractivity contribution in [2.24, 2.45) is 0 Å². The molecule has 28 heavy (non-hydrogen) atoms.